The monoisotopic (exact) mass is 423 g/mol. The number of anilines is 1. The highest BCUT2D eigenvalue weighted by Gasteiger charge is 2.19. The van der Waals surface area contributed by atoms with Crippen LogP contribution in [0, 0.1) is 18.3 Å². The number of aryl methyl sites for hydroxylation is 1. The van der Waals surface area contributed by atoms with Gasteiger partial charge in [0.2, 0.25) is 5.91 Å². The summed E-state index contributed by atoms with van der Waals surface area (Å²) >= 11 is 0. The van der Waals surface area contributed by atoms with E-state index in [1.807, 2.05) is 55.5 Å². The molecule has 5 nitrogen and oxygen atoms in total. The van der Waals surface area contributed by atoms with Crippen molar-refractivity contribution in [1.29, 1.82) is 5.26 Å². The van der Waals surface area contributed by atoms with Crippen LogP contribution < -0.4 is 10.2 Å². The molecular weight excluding hydrogens is 398 g/mol. The Morgan fingerprint density at radius 2 is 1.75 bits per heavy atom. The minimum atomic E-state index is -0.177. The third kappa shape index (κ3) is 5.93. The second-order valence-corrected chi connectivity index (χ2v) is 7.51. The molecule has 0 aromatic heterocycles. The van der Waals surface area contributed by atoms with E-state index < -0.39 is 0 Å². The van der Waals surface area contributed by atoms with Crippen LogP contribution in [0.1, 0.15) is 32.6 Å². The van der Waals surface area contributed by atoms with Crippen LogP contribution in [-0.4, -0.2) is 18.4 Å². The topological polar surface area (TPSA) is 73.2 Å². The average Bonchev–Trinajstić information content (AvgIpc) is 2.82. The molecule has 0 heterocycles. The van der Waals surface area contributed by atoms with Gasteiger partial charge < -0.3 is 10.2 Å². The zero-order valence-electron chi connectivity index (χ0n) is 18.0. The van der Waals surface area contributed by atoms with E-state index in [1.54, 1.807) is 35.2 Å². The predicted octanol–water partition coefficient (Wildman–Crippen LogP) is 4.56. The largest absolute Gasteiger partial charge is 0.352 e. The average molecular weight is 424 g/mol. The summed E-state index contributed by atoms with van der Waals surface area (Å²) in [6, 6.07) is 24.1. The van der Waals surface area contributed by atoms with Gasteiger partial charge in [0.1, 0.15) is 0 Å². The first-order valence-corrected chi connectivity index (χ1v) is 10.3. The van der Waals surface area contributed by atoms with Gasteiger partial charge in [-0.15, -0.1) is 6.58 Å². The molecular formula is C27H25N3O2. The van der Waals surface area contributed by atoms with Crippen LogP contribution in [0.25, 0.3) is 0 Å². The van der Waals surface area contributed by atoms with E-state index in [0.717, 1.165) is 16.7 Å². The number of carbonyl (C=O) groups excluding carboxylic acids is 2. The number of nitriles is 1. The highest BCUT2D eigenvalue weighted by atomic mass is 16.2. The summed E-state index contributed by atoms with van der Waals surface area (Å²) in [5, 5.41) is 11.8. The van der Waals surface area contributed by atoms with Crippen LogP contribution in [0.4, 0.5) is 5.69 Å². The van der Waals surface area contributed by atoms with Gasteiger partial charge in [0.05, 0.1) is 24.6 Å². The Balaban J connectivity index is 1.92. The summed E-state index contributed by atoms with van der Waals surface area (Å²) in [6.07, 6.45) is 1.85. The molecule has 5 heteroatoms. The van der Waals surface area contributed by atoms with Crippen molar-refractivity contribution in [3.05, 3.63) is 113 Å². The van der Waals surface area contributed by atoms with E-state index >= 15 is 0 Å². The van der Waals surface area contributed by atoms with E-state index in [1.165, 1.54) is 0 Å². The molecule has 0 atom stereocenters. The van der Waals surface area contributed by atoms with Crippen LogP contribution in [0.5, 0.6) is 0 Å². The van der Waals surface area contributed by atoms with Crippen LogP contribution >= 0.6 is 0 Å². The highest BCUT2D eigenvalue weighted by molar-refractivity contribution is 6.06. The molecule has 160 valence electrons. The predicted molar refractivity (Wildman–Crippen MR) is 126 cm³/mol. The maximum atomic E-state index is 13.4. The van der Waals surface area contributed by atoms with Crippen molar-refractivity contribution in [3.63, 3.8) is 0 Å². The normalized spacial score (nSPS) is 10.1. The second-order valence-electron chi connectivity index (χ2n) is 7.51. The van der Waals surface area contributed by atoms with Crippen molar-refractivity contribution in [1.82, 2.24) is 5.32 Å². The molecule has 0 spiro atoms. The quantitative estimate of drug-likeness (QED) is 0.540. The molecule has 0 unspecified atom stereocenters. The van der Waals surface area contributed by atoms with Gasteiger partial charge in [0.25, 0.3) is 5.91 Å². The van der Waals surface area contributed by atoms with Crippen molar-refractivity contribution in [2.24, 2.45) is 0 Å². The van der Waals surface area contributed by atoms with Crippen molar-refractivity contribution >= 4 is 17.5 Å². The van der Waals surface area contributed by atoms with Crippen LogP contribution in [0.15, 0.2) is 85.5 Å². The molecule has 0 aliphatic heterocycles. The van der Waals surface area contributed by atoms with E-state index in [0.29, 0.717) is 29.9 Å². The van der Waals surface area contributed by atoms with Gasteiger partial charge in [0, 0.05) is 17.8 Å². The number of rotatable bonds is 8. The summed E-state index contributed by atoms with van der Waals surface area (Å²) < 4.78 is 0. The summed E-state index contributed by atoms with van der Waals surface area (Å²) in [7, 11) is 0. The maximum absolute atomic E-state index is 13.4. The van der Waals surface area contributed by atoms with Crippen molar-refractivity contribution in [2.75, 3.05) is 11.4 Å². The van der Waals surface area contributed by atoms with Crippen LogP contribution in [0.2, 0.25) is 0 Å². The van der Waals surface area contributed by atoms with E-state index in [2.05, 4.69) is 18.0 Å². The fourth-order valence-corrected chi connectivity index (χ4v) is 3.27. The van der Waals surface area contributed by atoms with Gasteiger partial charge in [-0.1, -0.05) is 48.0 Å². The third-order valence-corrected chi connectivity index (χ3v) is 5.00. The molecule has 2 amide bonds. The van der Waals surface area contributed by atoms with E-state index in [4.69, 9.17) is 5.26 Å². The molecule has 0 fully saturated rings. The first kappa shape index (κ1) is 22.5. The first-order chi connectivity index (χ1) is 15.5. The minimum absolute atomic E-state index is 0.106. The van der Waals surface area contributed by atoms with Gasteiger partial charge in [0.15, 0.2) is 0 Å². The Kier molecular flexibility index (Phi) is 7.55. The fraction of sp³-hybridized carbons (Fsp3) is 0.148. The Morgan fingerprint density at radius 1 is 1.03 bits per heavy atom. The van der Waals surface area contributed by atoms with E-state index in [-0.39, 0.29) is 18.2 Å². The molecule has 0 aliphatic carbocycles. The third-order valence-electron chi connectivity index (χ3n) is 5.00. The zero-order valence-corrected chi connectivity index (χ0v) is 18.0. The summed E-state index contributed by atoms with van der Waals surface area (Å²) in [5.74, 6) is -0.283. The molecule has 32 heavy (non-hydrogen) atoms. The standard InChI is InChI=1S/C27H25N3O2/c1-3-15-29-26(31)17-23-5-4-6-25(16-23)30(19-22-9-7-20(2)8-10-22)27(32)24-13-11-21(18-28)12-14-24/h3-14,16H,1,15,17,19H2,2H3,(H,29,31). The molecule has 0 saturated heterocycles. The molecule has 1 N–H and O–H groups in total. The highest BCUT2D eigenvalue weighted by Crippen LogP contribution is 2.22. The first-order valence-electron chi connectivity index (χ1n) is 10.3. The Hall–Kier alpha value is -4.17. The number of nitrogens with one attached hydrogen (secondary N) is 1. The maximum Gasteiger partial charge on any atom is 0.258 e. The van der Waals surface area contributed by atoms with Crippen LogP contribution in [-0.2, 0) is 17.8 Å². The number of hydrogen-bond donors (Lipinski definition) is 1. The fourth-order valence-electron chi connectivity index (χ4n) is 3.27. The SMILES string of the molecule is C=CCNC(=O)Cc1cccc(N(Cc2ccc(C)cc2)C(=O)c2ccc(C#N)cc2)c1. The molecule has 0 bridgehead atoms. The number of hydrogen-bond acceptors (Lipinski definition) is 3. The van der Waals surface area contributed by atoms with Gasteiger partial charge >= 0.3 is 0 Å². The van der Waals surface area contributed by atoms with Gasteiger partial charge in [-0.3, -0.25) is 9.59 Å². The summed E-state index contributed by atoms with van der Waals surface area (Å²) in [6.45, 7) is 6.41. The molecule has 0 saturated carbocycles. The number of nitrogens with zero attached hydrogens (tertiary/aromatic N) is 2. The van der Waals surface area contributed by atoms with Gasteiger partial charge in [-0.05, 0) is 54.4 Å². The zero-order chi connectivity index (χ0) is 22.9. The smallest absolute Gasteiger partial charge is 0.258 e. The van der Waals surface area contributed by atoms with Crippen molar-refractivity contribution in [3.8, 4) is 6.07 Å². The number of amides is 2. The summed E-state index contributed by atoms with van der Waals surface area (Å²) in [4.78, 5) is 27.3. The molecule has 3 aromatic rings. The Morgan fingerprint density at radius 3 is 2.41 bits per heavy atom. The lowest BCUT2D eigenvalue weighted by Gasteiger charge is -2.24. The van der Waals surface area contributed by atoms with Crippen molar-refractivity contribution in [2.45, 2.75) is 19.9 Å². The number of carbonyl (C=O) groups is 2. The molecule has 0 radical (unpaired) electrons. The van der Waals surface area contributed by atoms with Crippen molar-refractivity contribution < 1.29 is 9.59 Å². The Labute approximate surface area is 188 Å². The second kappa shape index (κ2) is 10.7. The van der Waals surface area contributed by atoms with Gasteiger partial charge in [-0.25, -0.2) is 0 Å². The lowest BCUT2D eigenvalue weighted by atomic mass is 10.1. The van der Waals surface area contributed by atoms with Crippen LogP contribution in [0.3, 0.4) is 0 Å². The molecule has 3 aromatic carbocycles. The summed E-state index contributed by atoms with van der Waals surface area (Å²) in [5.41, 5.74) is 4.64. The van der Waals surface area contributed by atoms with Gasteiger partial charge in [-0.2, -0.15) is 5.26 Å². The minimum Gasteiger partial charge on any atom is -0.352 e. The van der Waals surface area contributed by atoms with E-state index in [9.17, 15) is 9.59 Å². The Bertz CT molecular complexity index is 1140. The number of benzene rings is 3. The molecule has 3 rings (SSSR count). The lowest BCUT2D eigenvalue weighted by molar-refractivity contribution is -0.120. The molecule has 0 aliphatic rings. The lowest BCUT2D eigenvalue weighted by Crippen LogP contribution is -2.30.